The van der Waals surface area contributed by atoms with E-state index in [-0.39, 0.29) is 21.1 Å². The minimum atomic E-state index is 0. The summed E-state index contributed by atoms with van der Waals surface area (Å²) in [5.74, 6) is 2.33. The number of pyridine rings is 1. The van der Waals surface area contributed by atoms with Crippen LogP contribution in [-0.2, 0) is 21.1 Å². The first-order valence-electron chi connectivity index (χ1n) is 10.9. The number of aryl methyl sites for hydroxylation is 1. The van der Waals surface area contributed by atoms with Gasteiger partial charge < -0.3 is 9.47 Å². The van der Waals surface area contributed by atoms with Crippen molar-refractivity contribution in [2.45, 2.75) is 6.92 Å². The van der Waals surface area contributed by atoms with Gasteiger partial charge in [-0.15, -0.1) is 38.6 Å². The fourth-order valence-electron chi connectivity index (χ4n) is 4.00. The van der Waals surface area contributed by atoms with Gasteiger partial charge in [-0.3, -0.25) is 4.57 Å². The predicted octanol–water partition coefficient (Wildman–Crippen LogP) is 5.13. The maximum absolute atomic E-state index is 5.95. The summed E-state index contributed by atoms with van der Waals surface area (Å²) in [6.07, 6.45) is 1.65. The van der Waals surface area contributed by atoms with Crippen molar-refractivity contribution in [3.63, 3.8) is 0 Å². The number of ether oxygens (including phenoxy) is 2. The molecule has 178 valence electrons. The van der Waals surface area contributed by atoms with Gasteiger partial charge in [0.25, 0.3) is 11.8 Å². The second-order valence-electron chi connectivity index (χ2n) is 7.78. The van der Waals surface area contributed by atoms with Crippen molar-refractivity contribution in [2.75, 3.05) is 7.11 Å². The third-order valence-electron chi connectivity index (χ3n) is 5.57. The Morgan fingerprint density at radius 1 is 0.778 bits per heavy atom. The van der Waals surface area contributed by atoms with Gasteiger partial charge in [0.15, 0.2) is 11.6 Å². The monoisotopic (exact) mass is 653 g/mol. The maximum Gasteiger partial charge on any atom is 2.00 e. The van der Waals surface area contributed by atoms with Crippen LogP contribution in [-0.4, -0.2) is 37.1 Å². The second-order valence-corrected chi connectivity index (χ2v) is 7.78. The largest absolute Gasteiger partial charge is 2.00 e. The summed E-state index contributed by atoms with van der Waals surface area (Å²) in [6, 6.07) is 28.3. The molecule has 0 aliphatic heterocycles. The van der Waals surface area contributed by atoms with E-state index in [9.17, 15) is 0 Å². The van der Waals surface area contributed by atoms with Gasteiger partial charge in [0, 0.05) is 17.5 Å². The number of benzene rings is 3. The van der Waals surface area contributed by atoms with Gasteiger partial charge in [-0.2, -0.15) is 24.3 Å². The standard InChI is InChI=1S/C27H18N6O2.Pt/c1-17-29-31-27(32-30-17)33-23-10-4-3-9-21(23)22-13-12-19(16-24(22)33)18-7-5-8-20(15-18)35-26-25(34-2)11-6-14-28-26;/h3-14H,1-2H3;/q-2;+2. The molecule has 0 aliphatic carbocycles. The molecule has 8 nitrogen and oxygen atoms in total. The Morgan fingerprint density at radius 2 is 1.58 bits per heavy atom. The number of rotatable bonds is 5. The van der Waals surface area contributed by atoms with E-state index in [1.807, 2.05) is 47.0 Å². The molecule has 0 radical (unpaired) electrons. The fourth-order valence-corrected chi connectivity index (χ4v) is 4.00. The topological polar surface area (TPSA) is 87.8 Å². The molecule has 0 atom stereocenters. The van der Waals surface area contributed by atoms with Gasteiger partial charge in [0.2, 0.25) is 0 Å². The van der Waals surface area contributed by atoms with Crippen molar-refractivity contribution >= 4 is 21.8 Å². The number of nitrogens with zero attached hydrogens (tertiary/aromatic N) is 6. The van der Waals surface area contributed by atoms with Crippen molar-refractivity contribution in [3.8, 4) is 34.5 Å². The molecule has 0 unspecified atom stereocenters. The van der Waals surface area contributed by atoms with Gasteiger partial charge in [0.1, 0.15) is 0 Å². The van der Waals surface area contributed by atoms with E-state index in [1.54, 1.807) is 32.4 Å². The van der Waals surface area contributed by atoms with Crippen LogP contribution in [0.4, 0.5) is 0 Å². The molecule has 3 heterocycles. The minimum absolute atomic E-state index is 0. The molecule has 6 rings (SSSR count). The van der Waals surface area contributed by atoms with Gasteiger partial charge in [-0.25, -0.2) is 16.1 Å². The van der Waals surface area contributed by atoms with Crippen LogP contribution >= 0.6 is 0 Å². The number of para-hydroxylation sites is 1. The van der Waals surface area contributed by atoms with Crippen LogP contribution in [0, 0.1) is 19.1 Å². The Bertz CT molecular complexity index is 1680. The Kier molecular flexibility index (Phi) is 6.44. The minimum Gasteiger partial charge on any atom is -0.491 e. The van der Waals surface area contributed by atoms with E-state index < -0.39 is 0 Å². The predicted molar refractivity (Wildman–Crippen MR) is 131 cm³/mol. The van der Waals surface area contributed by atoms with Crippen molar-refractivity contribution in [1.29, 1.82) is 0 Å². The summed E-state index contributed by atoms with van der Waals surface area (Å²) >= 11 is 0. The summed E-state index contributed by atoms with van der Waals surface area (Å²) in [7, 11) is 1.58. The average Bonchev–Trinajstić information content (AvgIpc) is 3.23. The fraction of sp³-hybridized carbons (Fsp3) is 0.0741. The summed E-state index contributed by atoms with van der Waals surface area (Å²) in [5.41, 5.74) is 3.43. The molecule has 0 amide bonds. The molecule has 0 bridgehead atoms. The van der Waals surface area contributed by atoms with Crippen molar-refractivity contribution in [2.24, 2.45) is 0 Å². The number of aromatic nitrogens is 6. The van der Waals surface area contributed by atoms with Crippen LogP contribution in [0.5, 0.6) is 17.4 Å². The van der Waals surface area contributed by atoms with Crippen LogP contribution in [0.2, 0.25) is 0 Å². The molecule has 0 aliphatic rings. The van der Waals surface area contributed by atoms with E-state index in [0.717, 1.165) is 32.9 Å². The van der Waals surface area contributed by atoms with Crippen LogP contribution in [0.1, 0.15) is 5.82 Å². The number of methoxy groups -OCH3 is 1. The van der Waals surface area contributed by atoms with Gasteiger partial charge in [0.05, 0.1) is 7.11 Å². The molecule has 0 saturated heterocycles. The van der Waals surface area contributed by atoms with Crippen LogP contribution in [0.3, 0.4) is 0 Å². The number of fused-ring (bicyclic) bond motifs is 3. The SMILES string of the molecule is COc1cccnc1Oc1[c-]c(-c2[c-]c3c(cc2)c2ccccc2n3-c2nnc(C)nn2)ccc1.[Pt+2]. The smallest absolute Gasteiger partial charge is 0.491 e. The molecule has 3 aromatic heterocycles. The van der Waals surface area contributed by atoms with Crippen LogP contribution in [0.15, 0.2) is 72.9 Å². The van der Waals surface area contributed by atoms with Gasteiger partial charge >= 0.3 is 21.1 Å². The number of hydrogen-bond donors (Lipinski definition) is 0. The third kappa shape index (κ3) is 4.20. The molecule has 0 N–H and O–H groups in total. The van der Waals surface area contributed by atoms with Crippen molar-refractivity contribution in [1.82, 2.24) is 29.9 Å². The normalized spacial score (nSPS) is 10.8. The first-order chi connectivity index (χ1) is 17.2. The van der Waals surface area contributed by atoms with Crippen LogP contribution in [0.25, 0.3) is 38.9 Å². The second kappa shape index (κ2) is 9.83. The van der Waals surface area contributed by atoms with Crippen LogP contribution < -0.4 is 9.47 Å². The first kappa shape index (κ1) is 23.6. The summed E-state index contributed by atoms with van der Waals surface area (Å²) in [5, 5.41) is 18.8. The molecule has 3 aromatic carbocycles. The van der Waals surface area contributed by atoms with Gasteiger partial charge in [-0.1, -0.05) is 23.6 Å². The van der Waals surface area contributed by atoms with E-state index in [4.69, 9.17) is 9.47 Å². The van der Waals surface area contributed by atoms with Gasteiger partial charge in [-0.05, 0) is 36.0 Å². The molecule has 6 aromatic rings. The zero-order valence-electron chi connectivity index (χ0n) is 19.2. The zero-order valence-corrected chi connectivity index (χ0v) is 21.5. The molecule has 9 heteroatoms. The quantitative estimate of drug-likeness (QED) is 0.239. The molecular weight excluding hydrogens is 635 g/mol. The summed E-state index contributed by atoms with van der Waals surface area (Å²) in [4.78, 5) is 4.26. The van der Waals surface area contributed by atoms with E-state index in [0.29, 0.717) is 29.2 Å². The Balaban J connectivity index is 0.00000267. The zero-order chi connectivity index (χ0) is 23.8. The number of hydrogen-bond acceptors (Lipinski definition) is 7. The molecule has 0 spiro atoms. The Morgan fingerprint density at radius 3 is 2.42 bits per heavy atom. The van der Waals surface area contributed by atoms with E-state index >= 15 is 0 Å². The van der Waals surface area contributed by atoms with E-state index in [1.165, 1.54) is 0 Å². The summed E-state index contributed by atoms with van der Waals surface area (Å²) in [6.45, 7) is 1.76. The summed E-state index contributed by atoms with van der Waals surface area (Å²) < 4.78 is 13.2. The van der Waals surface area contributed by atoms with Crippen molar-refractivity contribution < 1.29 is 30.5 Å². The maximum atomic E-state index is 5.95. The van der Waals surface area contributed by atoms with Crippen molar-refractivity contribution in [3.05, 3.63) is 90.9 Å². The average molecular weight is 654 g/mol. The molecule has 0 fully saturated rings. The Hall–Kier alpha value is -4.16. The molecular formula is C27H18N6O2Pt. The van der Waals surface area contributed by atoms with E-state index in [2.05, 4.69) is 49.6 Å². The Labute approximate surface area is 221 Å². The third-order valence-corrected chi connectivity index (χ3v) is 5.57. The molecule has 0 saturated carbocycles. The molecule has 36 heavy (non-hydrogen) atoms. The first-order valence-corrected chi connectivity index (χ1v) is 10.9.